The summed E-state index contributed by atoms with van der Waals surface area (Å²) in [6.07, 6.45) is -5.54. The van der Waals surface area contributed by atoms with Crippen LogP contribution in [0.15, 0.2) is 0 Å². The summed E-state index contributed by atoms with van der Waals surface area (Å²) in [5.41, 5.74) is 0. The van der Waals surface area contributed by atoms with Crippen molar-refractivity contribution >= 4 is 0 Å². The van der Waals surface area contributed by atoms with Crippen molar-refractivity contribution in [3.8, 4) is 0 Å². The molecule has 10 atom stereocenters. The van der Waals surface area contributed by atoms with E-state index in [1.165, 1.54) is 7.11 Å². The van der Waals surface area contributed by atoms with Gasteiger partial charge in [-0.1, -0.05) is 0 Å². The van der Waals surface area contributed by atoms with E-state index in [1.54, 1.807) is 49.8 Å². The Bertz CT molecular complexity index is 496. The molecule has 31 heavy (non-hydrogen) atoms. The summed E-state index contributed by atoms with van der Waals surface area (Å²) in [4.78, 5) is 0. The average Bonchev–Trinajstić information content (AvgIpc) is 2.78. The smallest absolute Gasteiger partial charge is 0.187 e. The summed E-state index contributed by atoms with van der Waals surface area (Å²) in [5, 5.41) is 0. The first-order valence-electron chi connectivity index (χ1n) is 10.2. The molecule has 11 nitrogen and oxygen atoms in total. The Balaban J connectivity index is 2.30. The molecule has 0 amide bonds. The second-order valence-corrected chi connectivity index (χ2v) is 7.33. The van der Waals surface area contributed by atoms with Crippen LogP contribution in [0, 0.1) is 0 Å². The second-order valence-electron chi connectivity index (χ2n) is 7.33. The van der Waals surface area contributed by atoms with Crippen LogP contribution in [0.4, 0.5) is 0 Å². The van der Waals surface area contributed by atoms with Crippen molar-refractivity contribution in [2.45, 2.75) is 61.4 Å². The third-order valence-electron chi connectivity index (χ3n) is 5.73. The highest BCUT2D eigenvalue weighted by Gasteiger charge is 2.53. The highest BCUT2D eigenvalue weighted by atomic mass is 16.8. The third kappa shape index (κ3) is 5.92. The van der Waals surface area contributed by atoms with Crippen LogP contribution in [-0.4, -0.2) is 132 Å². The lowest BCUT2D eigenvalue weighted by atomic mass is 9.96. The van der Waals surface area contributed by atoms with Crippen LogP contribution in [0.2, 0.25) is 0 Å². The molecule has 0 aromatic heterocycles. The van der Waals surface area contributed by atoms with Gasteiger partial charge in [-0.25, -0.2) is 0 Å². The predicted molar refractivity (Wildman–Crippen MR) is 107 cm³/mol. The number of hydrogen-bond acceptors (Lipinski definition) is 11. The van der Waals surface area contributed by atoms with E-state index in [0.717, 1.165) is 0 Å². The van der Waals surface area contributed by atoms with E-state index in [1.807, 2.05) is 0 Å². The van der Waals surface area contributed by atoms with Gasteiger partial charge in [0, 0.05) is 56.9 Å². The molecular formula is C20H38O11. The quantitative estimate of drug-likeness (QED) is 0.393. The van der Waals surface area contributed by atoms with Crippen molar-refractivity contribution in [3.63, 3.8) is 0 Å². The van der Waals surface area contributed by atoms with Gasteiger partial charge >= 0.3 is 0 Å². The maximum absolute atomic E-state index is 6.37. The molecule has 2 saturated heterocycles. The minimum absolute atomic E-state index is 0.286. The van der Waals surface area contributed by atoms with E-state index < -0.39 is 61.4 Å². The first-order chi connectivity index (χ1) is 15.0. The highest BCUT2D eigenvalue weighted by molar-refractivity contribution is 4.96. The normalized spacial score (nSPS) is 41.4. The second kappa shape index (κ2) is 13.3. The molecule has 0 aliphatic carbocycles. The van der Waals surface area contributed by atoms with Gasteiger partial charge in [0.2, 0.25) is 0 Å². The maximum Gasteiger partial charge on any atom is 0.187 e. The zero-order chi connectivity index (χ0) is 23.0. The van der Waals surface area contributed by atoms with Gasteiger partial charge in [-0.15, -0.1) is 0 Å². The molecule has 11 heteroatoms. The molecule has 2 rings (SSSR count). The number of ether oxygens (including phenoxy) is 11. The van der Waals surface area contributed by atoms with Crippen molar-refractivity contribution < 1.29 is 52.1 Å². The molecular weight excluding hydrogens is 416 g/mol. The zero-order valence-corrected chi connectivity index (χ0v) is 19.7. The molecule has 0 N–H and O–H groups in total. The van der Waals surface area contributed by atoms with Crippen LogP contribution in [0.5, 0.6) is 0 Å². The van der Waals surface area contributed by atoms with Crippen molar-refractivity contribution in [3.05, 3.63) is 0 Å². The Morgan fingerprint density at radius 2 is 0.871 bits per heavy atom. The van der Waals surface area contributed by atoms with Gasteiger partial charge in [-0.3, -0.25) is 0 Å². The molecule has 2 fully saturated rings. The number of methoxy groups -OCH3 is 8. The van der Waals surface area contributed by atoms with E-state index >= 15 is 0 Å². The summed E-state index contributed by atoms with van der Waals surface area (Å²) in [6, 6.07) is 0. The molecule has 6 unspecified atom stereocenters. The highest BCUT2D eigenvalue weighted by Crippen LogP contribution is 2.33. The molecule has 0 saturated carbocycles. The van der Waals surface area contributed by atoms with Crippen molar-refractivity contribution in [2.75, 3.05) is 70.1 Å². The first-order valence-corrected chi connectivity index (χ1v) is 10.2. The SMILES string of the molecule is COCC1O[C@@H](OC2C(OC)[C@@H](OC)C(COC)O[C@@H]2OC)C(OC)C(OC)[C@H]1OC. The molecule has 0 aromatic carbocycles. The van der Waals surface area contributed by atoms with Gasteiger partial charge in [0.1, 0.15) is 48.8 Å². The Kier molecular flexibility index (Phi) is 11.5. The molecule has 184 valence electrons. The van der Waals surface area contributed by atoms with Gasteiger partial charge in [-0.2, -0.15) is 0 Å². The summed E-state index contributed by atoms with van der Waals surface area (Å²) in [7, 11) is 12.6. The van der Waals surface area contributed by atoms with Crippen molar-refractivity contribution in [1.82, 2.24) is 0 Å². The Morgan fingerprint density at radius 1 is 0.452 bits per heavy atom. The standard InChI is InChI=1S/C20H38O11/c1-21-9-11-14(24-4)16(26-6)18(19(28-8)29-11)31-20-17(27-7)15(25-5)13(23-3)12(30-20)10-22-2/h11-20H,9-10H2,1-8H3/t11?,12?,13-,14-,15?,16?,17?,18?,19-,20-/m0/s1. The van der Waals surface area contributed by atoms with Gasteiger partial charge in [-0.05, 0) is 0 Å². The lowest BCUT2D eigenvalue weighted by Gasteiger charge is -2.49. The molecule has 0 radical (unpaired) electrons. The number of rotatable bonds is 12. The van der Waals surface area contributed by atoms with Crippen LogP contribution in [0.25, 0.3) is 0 Å². The third-order valence-corrected chi connectivity index (χ3v) is 5.73. The Hall–Kier alpha value is -0.440. The number of hydrogen-bond donors (Lipinski definition) is 0. The molecule has 2 aliphatic heterocycles. The van der Waals surface area contributed by atoms with Crippen LogP contribution >= 0.6 is 0 Å². The summed E-state index contributed by atoms with van der Waals surface area (Å²) in [5.74, 6) is 0. The summed E-state index contributed by atoms with van der Waals surface area (Å²) in [6.45, 7) is 0.594. The van der Waals surface area contributed by atoms with Crippen molar-refractivity contribution in [1.29, 1.82) is 0 Å². The van der Waals surface area contributed by atoms with E-state index in [4.69, 9.17) is 52.1 Å². The van der Waals surface area contributed by atoms with Crippen LogP contribution < -0.4 is 0 Å². The minimum Gasteiger partial charge on any atom is -0.382 e. The van der Waals surface area contributed by atoms with Crippen LogP contribution in [-0.2, 0) is 52.1 Å². The Labute approximate surface area is 184 Å². The predicted octanol–water partition coefficient (Wildman–Crippen LogP) is -0.164. The monoisotopic (exact) mass is 454 g/mol. The average molecular weight is 455 g/mol. The van der Waals surface area contributed by atoms with Crippen LogP contribution in [0.1, 0.15) is 0 Å². The molecule has 0 spiro atoms. The first kappa shape index (κ1) is 26.8. The van der Waals surface area contributed by atoms with E-state index in [9.17, 15) is 0 Å². The van der Waals surface area contributed by atoms with Crippen LogP contribution in [0.3, 0.4) is 0 Å². The van der Waals surface area contributed by atoms with E-state index in [0.29, 0.717) is 6.61 Å². The summed E-state index contributed by atoms with van der Waals surface area (Å²) >= 11 is 0. The van der Waals surface area contributed by atoms with Gasteiger partial charge < -0.3 is 52.1 Å². The van der Waals surface area contributed by atoms with Gasteiger partial charge in [0.25, 0.3) is 0 Å². The topological polar surface area (TPSA) is 102 Å². The lowest BCUT2D eigenvalue weighted by molar-refractivity contribution is -0.372. The lowest BCUT2D eigenvalue weighted by Crippen LogP contribution is -2.66. The zero-order valence-electron chi connectivity index (χ0n) is 19.7. The van der Waals surface area contributed by atoms with E-state index in [-0.39, 0.29) is 6.61 Å². The molecule has 2 aliphatic rings. The minimum atomic E-state index is -0.832. The van der Waals surface area contributed by atoms with Gasteiger partial charge in [0.05, 0.1) is 13.2 Å². The van der Waals surface area contributed by atoms with E-state index in [2.05, 4.69) is 0 Å². The van der Waals surface area contributed by atoms with Crippen molar-refractivity contribution in [2.24, 2.45) is 0 Å². The fraction of sp³-hybridized carbons (Fsp3) is 1.00. The Morgan fingerprint density at radius 3 is 1.26 bits per heavy atom. The maximum atomic E-state index is 6.37. The largest absolute Gasteiger partial charge is 0.382 e. The fourth-order valence-electron chi connectivity index (χ4n) is 4.31. The summed E-state index contributed by atoms with van der Waals surface area (Å²) < 4.78 is 63.2. The molecule has 0 aromatic rings. The molecule has 2 heterocycles. The fourth-order valence-corrected chi connectivity index (χ4v) is 4.31. The molecule has 0 bridgehead atoms. The van der Waals surface area contributed by atoms with Gasteiger partial charge in [0.15, 0.2) is 12.6 Å².